The second kappa shape index (κ2) is 9.82. The van der Waals surface area contributed by atoms with Crippen LogP contribution >= 0.6 is 35.3 Å². The fourth-order valence-electron chi connectivity index (χ4n) is 2.90. The van der Waals surface area contributed by atoms with Crippen LogP contribution in [0.1, 0.15) is 22.9 Å². The normalized spacial score (nSPS) is 11.5. The highest BCUT2D eigenvalue weighted by Crippen LogP contribution is 2.22. The number of thiophene rings is 1. The molecule has 6 heteroatoms. The summed E-state index contributed by atoms with van der Waals surface area (Å²) in [6, 6.07) is 10.7. The van der Waals surface area contributed by atoms with Crippen LogP contribution in [0.3, 0.4) is 0 Å². The lowest BCUT2D eigenvalue weighted by Gasteiger charge is -2.05. The summed E-state index contributed by atoms with van der Waals surface area (Å²) in [5.41, 5.74) is 9.88. The zero-order chi connectivity index (χ0) is 16.8. The molecule has 0 spiro atoms. The van der Waals surface area contributed by atoms with Crippen LogP contribution in [0.2, 0.25) is 0 Å². The number of H-pyrrole nitrogens is 1. The fraction of sp³-hybridized carbons (Fsp3) is 0.316. The lowest BCUT2D eigenvalue weighted by molar-refractivity contribution is 0.848. The van der Waals surface area contributed by atoms with Crippen molar-refractivity contribution in [1.82, 2.24) is 10.3 Å². The molecule has 4 nitrogen and oxygen atoms in total. The number of para-hydroxylation sites is 1. The number of nitrogens with zero attached hydrogens (tertiary/aromatic N) is 1. The zero-order valence-corrected chi connectivity index (χ0v) is 17.6. The number of hydrogen-bond donors (Lipinski definition) is 3. The van der Waals surface area contributed by atoms with Crippen LogP contribution in [0.4, 0.5) is 0 Å². The van der Waals surface area contributed by atoms with Gasteiger partial charge in [-0.1, -0.05) is 31.2 Å². The molecule has 2 aromatic heterocycles. The van der Waals surface area contributed by atoms with Crippen LogP contribution in [-0.2, 0) is 19.3 Å². The Morgan fingerprint density at radius 2 is 2.08 bits per heavy atom. The molecule has 0 saturated carbocycles. The van der Waals surface area contributed by atoms with Crippen molar-refractivity contribution in [2.45, 2.75) is 26.2 Å². The van der Waals surface area contributed by atoms with Gasteiger partial charge in [0, 0.05) is 41.5 Å². The van der Waals surface area contributed by atoms with Gasteiger partial charge >= 0.3 is 0 Å². The summed E-state index contributed by atoms with van der Waals surface area (Å²) in [5, 5.41) is 6.61. The standard InChI is InChI=1S/C19H24N4S.HI/c1-2-14-5-3-7-17-15(13-23-18(14)17)8-10-21-19(20)22-11-9-16-6-4-12-24-16;/h3-7,12-13,23H,2,8-11H2,1H3,(H3,20,21,22);1H. The van der Waals surface area contributed by atoms with Crippen molar-refractivity contribution in [2.75, 3.05) is 13.1 Å². The Morgan fingerprint density at radius 1 is 1.20 bits per heavy atom. The predicted octanol–water partition coefficient (Wildman–Crippen LogP) is 4.10. The van der Waals surface area contributed by atoms with E-state index in [-0.39, 0.29) is 24.0 Å². The van der Waals surface area contributed by atoms with Crippen LogP contribution < -0.4 is 11.1 Å². The third-order valence-electron chi connectivity index (χ3n) is 4.19. The predicted molar refractivity (Wildman–Crippen MR) is 119 cm³/mol. The van der Waals surface area contributed by atoms with Gasteiger partial charge in [-0.15, -0.1) is 35.3 Å². The molecule has 0 unspecified atom stereocenters. The molecule has 0 aliphatic heterocycles. The number of benzene rings is 1. The van der Waals surface area contributed by atoms with Gasteiger partial charge in [0.05, 0.1) is 0 Å². The molecule has 0 bridgehead atoms. The summed E-state index contributed by atoms with van der Waals surface area (Å²) in [5.74, 6) is 0.528. The largest absolute Gasteiger partial charge is 0.370 e. The highest BCUT2D eigenvalue weighted by atomic mass is 127. The molecule has 25 heavy (non-hydrogen) atoms. The molecule has 3 rings (SSSR count). The number of aryl methyl sites for hydroxylation is 1. The number of halogens is 1. The van der Waals surface area contributed by atoms with Gasteiger partial charge in [0.15, 0.2) is 5.96 Å². The topological polar surface area (TPSA) is 66.2 Å². The number of aromatic amines is 1. The molecule has 0 radical (unpaired) electrons. The first-order chi connectivity index (χ1) is 11.8. The molecular weight excluding hydrogens is 443 g/mol. The van der Waals surface area contributed by atoms with Crippen LogP contribution in [0.15, 0.2) is 46.9 Å². The summed E-state index contributed by atoms with van der Waals surface area (Å²) in [7, 11) is 0. The van der Waals surface area contributed by atoms with E-state index in [0.29, 0.717) is 5.96 Å². The van der Waals surface area contributed by atoms with Crippen LogP contribution in [0.5, 0.6) is 0 Å². The molecule has 0 fully saturated rings. The van der Waals surface area contributed by atoms with Gasteiger partial charge in [-0.25, -0.2) is 0 Å². The van der Waals surface area contributed by atoms with Gasteiger partial charge in [0.25, 0.3) is 0 Å². The first-order valence-corrected chi connectivity index (χ1v) is 9.30. The van der Waals surface area contributed by atoms with E-state index >= 15 is 0 Å². The molecule has 0 atom stereocenters. The summed E-state index contributed by atoms with van der Waals surface area (Å²) in [6.45, 7) is 3.70. The van der Waals surface area contributed by atoms with E-state index in [4.69, 9.17) is 5.73 Å². The smallest absolute Gasteiger partial charge is 0.188 e. The molecule has 0 aliphatic carbocycles. The van der Waals surface area contributed by atoms with Crippen molar-refractivity contribution in [2.24, 2.45) is 10.7 Å². The number of nitrogens with two attached hydrogens (primary N) is 1. The van der Waals surface area contributed by atoms with Gasteiger partial charge in [0.2, 0.25) is 0 Å². The molecule has 3 aromatic rings. The molecule has 134 valence electrons. The maximum atomic E-state index is 5.95. The van der Waals surface area contributed by atoms with Crippen LogP contribution in [0.25, 0.3) is 10.9 Å². The van der Waals surface area contributed by atoms with E-state index in [2.05, 4.69) is 64.1 Å². The number of hydrogen-bond acceptors (Lipinski definition) is 2. The summed E-state index contributed by atoms with van der Waals surface area (Å²) in [4.78, 5) is 9.14. The number of nitrogens with one attached hydrogen (secondary N) is 2. The van der Waals surface area contributed by atoms with Crippen LogP contribution in [0, 0.1) is 0 Å². The van der Waals surface area contributed by atoms with E-state index < -0.39 is 0 Å². The average Bonchev–Trinajstić information content (AvgIpc) is 3.25. The van der Waals surface area contributed by atoms with Crippen molar-refractivity contribution in [1.29, 1.82) is 0 Å². The van der Waals surface area contributed by atoms with E-state index in [0.717, 1.165) is 32.4 Å². The van der Waals surface area contributed by atoms with E-state index in [1.54, 1.807) is 11.3 Å². The minimum absolute atomic E-state index is 0. The summed E-state index contributed by atoms with van der Waals surface area (Å²) in [6.07, 6.45) is 5.02. The Morgan fingerprint density at radius 3 is 2.84 bits per heavy atom. The first-order valence-electron chi connectivity index (χ1n) is 8.42. The van der Waals surface area contributed by atoms with Gasteiger partial charge in [-0.3, -0.25) is 4.99 Å². The molecule has 0 amide bonds. The Balaban J connectivity index is 0.00000225. The number of rotatable bonds is 7. The lowest BCUT2D eigenvalue weighted by Crippen LogP contribution is -2.33. The van der Waals surface area contributed by atoms with Crippen molar-refractivity contribution in [3.8, 4) is 0 Å². The SMILES string of the molecule is CCc1cccc2c(CCNC(N)=NCCc3cccs3)c[nH]c12.I. The highest BCUT2D eigenvalue weighted by molar-refractivity contribution is 14.0. The number of guanidine groups is 1. The monoisotopic (exact) mass is 468 g/mol. The Bertz CT molecular complexity index is 808. The molecule has 4 N–H and O–H groups in total. The van der Waals surface area contributed by atoms with E-state index in [1.165, 1.54) is 26.9 Å². The quantitative estimate of drug-likeness (QED) is 0.278. The third-order valence-corrected chi connectivity index (χ3v) is 5.13. The van der Waals surface area contributed by atoms with Crippen molar-refractivity contribution >= 4 is 52.2 Å². The van der Waals surface area contributed by atoms with Gasteiger partial charge in [-0.2, -0.15) is 0 Å². The molecular formula is C19H25IN4S. The molecule has 2 heterocycles. The van der Waals surface area contributed by atoms with Gasteiger partial charge in [-0.05, 0) is 35.4 Å². The summed E-state index contributed by atoms with van der Waals surface area (Å²) >= 11 is 1.76. The minimum atomic E-state index is 0. The number of fused-ring (bicyclic) bond motifs is 1. The van der Waals surface area contributed by atoms with Crippen molar-refractivity contribution < 1.29 is 0 Å². The maximum Gasteiger partial charge on any atom is 0.188 e. The second-order valence-corrected chi connectivity index (χ2v) is 6.81. The average molecular weight is 468 g/mol. The summed E-state index contributed by atoms with van der Waals surface area (Å²) < 4.78 is 0. The lowest BCUT2D eigenvalue weighted by atomic mass is 10.1. The molecule has 0 saturated heterocycles. The Kier molecular flexibility index (Phi) is 7.77. The van der Waals surface area contributed by atoms with Crippen molar-refractivity contribution in [3.63, 3.8) is 0 Å². The number of aromatic nitrogens is 1. The van der Waals surface area contributed by atoms with Gasteiger partial charge < -0.3 is 16.0 Å². The second-order valence-electron chi connectivity index (χ2n) is 5.78. The van der Waals surface area contributed by atoms with E-state index in [1.807, 2.05) is 0 Å². The highest BCUT2D eigenvalue weighted by Gasteiger charge is 2.06. The maximum absolute atomic E-state index is 5.95. The third kappa shape index (κ3) is 5.22. The van der Waals surface area contributed by atoms with E-state index in [9.17, 15) is 0 Å². The molecule has 0 aliphatic rings. The fourth-order valence-corrected chi connectivity index (χ4v) is 3.60. The molecule has 1 aromatic carbocycles. The van der Waals surface area contributed by atoms with Crippen LogP contribution in [-0.4, -0.2) is 24.0 Å². The Hall–Kier alpha value is -1.54. The Labute approximate surface area is 170 Å². The van der Waals surface area contributed by atoms with Crippen molar-refractivity contribution in [3.05, 3.63) is 57.9 Å². The minimum Gasteiger partial charge on any atom is -0.370 e. The first kappa shape index (κ1) is 19.8. The number of aliphatic imine (C=N–C) groups is 1. The zero-order valence-electron chi connectivity index (χ0n) is 14.4. The van der Waals surface area contributed by atoms with Gasteiger partial charge in [0.1, 0.15) is 0 Å².